The van der Waals surface area contributed by atoms with Crippen LogP contribution < -0.4 is 10.1 Å². The van der Waals surface area contributed by atoms with Crippen LogP contribution in [0, 0.1) is 10.4 Å². The second-order valence-electron chi connectivity index (χ2n) is 5.20. The number of hydrogen-bond acceptors (Lipinski definition) is 2. The summed E-state index contributed by atoms with van der Waals surface area (Å²) >= 11 is 0. The largest absolute Gasteiger partial charge is 0.624 e. The molecule has 3 rings (SSSR count). The Morgan fingerprint density at radius 3 is 1.84 bits per heavy atom. The summed E-state index contributed by atoms with van der Waals surface area (Å²) in [5.74, 6) is 0. The summed E-state index contributed by atoms with van der Waals surface area (Å²) in [6.45, 7) is 1.75. The van der Waals surface area contributed by atoms with Gasteiger partial charge in [0.1, 0.15) is 0 Å². The molecule has 1 heterocycles. The molecule has 0 fully saturated rings. The number of fused-ring (bicyclic) bond motifs is 1. The molecule has 2 atom stereocenters. The number of hydroxylamine groups is 2. The summed E-state index contributed by atoms with van der Waals surface area (Å²) in [6, 6.07) is 16.8. The van der Waals surface area contributed by atoms with Crippen LogP contribution in [0.25, 0.3) is 0 Å². The first-order valence-corrected chi connectivity index (χ1v) is 6.35. The molecular formula is C15H16N2O2. The molecule has 1 aliphatic rings. The Hall–Kier alpha value is -1.72. The van der Waals surface area contributed by atoms with Gasteiger partial charge in [0.25, 0.3) is 0 Å². The molecule has 0 aromatic heterocycles. The second-order valence-corrected chi connectivity index (χ2v) is 5.20. The molecule has 1 aliphatic heterocycles. The lowest BCUT2D eigenvalue weighted by atomic mass is 10.0. The van der Waals surface area contributed by atoms with Crippen LogP contribution in [0.3, 0.4) is 0 Å². The van der Waals surface area contributed by atoms with Gasteiger partial charge in [0.05, 0.1) is 6.42 Å². The number of hydrogen-bond donors (Lipinski definition) is 2. The topological polar surface area (TPSA) is 55.0 Å². The molecule has 0 spiro atoms. The molecule has 2 N–H and O–H groups in total. The fourth-order valence-electron chi connectivity index (χ4n) is 2.74. The van der Waals surface area contributed by atoms with Crippen LogP contribution in [0.2, 0.25) is 0 Å². The third-order valence-electron chi connectivity index (χ3n) is 3.82. The molecule has 0 amide bonds. The van der Waals surface area contributed by atoms with Crippen LogP contribution in [0.5, 0.6) is 0 Å². The number of rotatable bonds is 2. The van der Waals surface area contributed by atoms with E-state index in [0.717, 1.165) is 5.56 Å². The fraction of sp³-hybridized carbons (Fsp3) is 0.200. The average molecular weight is 256 g/mol. The van der Waals surface area contributed by atoms with Gasteiger partial charge in [0.2, 0.25) is 5.66 Å². The molecule has 19 heavy (non-hydrogen) atoms. The first kappa shape index (κ1) is 12.3. The van der Waals surface area contributed by atoms with Gasteiger partial charge in [-0.2, -0.15) is 0 Å². The third-order valence-corrected chi connectivity index (χ3v) is 3.82. The molecule has 0 saturated heterocycles. The van der Waals surface area contributed by atoms with Crippen LogP contribution in [0.1, 0.15) is 12.5 Å². The van der Waals surface area contributed by atoms with Gasteiger partial charge in [0, 0.05) is 19.1 Å². The number of quaternary nitrogens is 2. The molecule has 2 unspecified atom stereocenters. The quantitative estimate of drug-likeness (QED) is 0.777. The molecule has 2 aromatic carbocycles. The van der Waals surface area contributed by atoms with Crippen molar-refractivity contribution in [1.82, 2.24) is 0 Å². The van der Waals surface area contributed by atoms with Crippen LogP contribution in [-0.2, 0) is 6.42 Å². The highest BCUT2D eigenvalue weighted by molar-refractivity contribution is 5.53. The van der Waals surface area contributed by atoms with Crippen molar-refractivity contribution in [3.63, 3.8) is 0 Å². The molecule has 4 nitrogen and oxygen atoms in total. The van der Waals surface area contributed by atoms with E-state index in [1.807, 2.05) is 30.3 Å². The summed E-state index contributed by atoms with van der Waals surface area (Å²) in [5, 5.41) is 24.9. The van der Waals surface area contributed by atoms with Crippen molar-refractivity contribution in [2.75, 3.05) is 0 Å². The van der Waals surface area contributed by atoms with Gasteiger partial charge in [-0.05, 0) is 5.56 Å². The maximum Gasteiger partial charge on any atom is 0.232 e. The number of para-hydroxylation sites is 2. The van der Waals surface area contributed by atoms with E-state index >= 15 is 0 Å². The third kappa shape index (κ3) is 1.86. The van der Waals surface area contributed by atoms with Crippen LogP contribution in [0.15, 0.2) is 54.6 Å². The van der Waals surface area contributed by atoms with E-state index in [1.165, 1.54) is 0 Å². The summed E-state index contributed by atoms with van der Waals surface area (Å²) in [7, 11) is 0. The average Bonchev–Trinajstić information content (AvgIpc) is 2.63. The van der Waals surface area contributed by atoms with Crippen LogP contribution >= 0.6 is 0 Å². The van der Waals surface area contributed by atoms with Gasteiger partial charge in [-0.15, -0.1) is 0 Å². The Morgan fingerprint density at radius 1 is 0.842 bits per heavy atom. The Kier molecular flexibility index (Phi) is 2.88. The van der Waals surface area contributed by atoms with Gasteiger partial charge in [0.15, 0.2) is 11.4 Å². The maximum atomic E-state index is 12.5. The van der Waals surface area contributed by atoms with Crippen molar-refractivity contribution in [2.45, 2.75) is 19.0 Å². The van der Waals surface area contributed by atoms with Gasteiger partial charge < -0.3 is 10.4 Å². The minimum Gasteiger partial charge on any atom is -0.624 e. The van der Waals surface area contributed by atoms with E-state index in [-0.39, 0.29) is 10.1 Å². The minimum atomic E-state index is -0.953. The van der Waals surface area contributed by atoms with E-state index in [0.29, 0.717) is 17.8 Å². The Bertz CT molecular complexity index is 557. The molecule has 0 radical (unpaired) electrons. The lowest BCUT2D eigenvalue weighted by molar-refractivity contribution is -1.03. The summed E-state index contributed by atoms with van der Waals surface area (Å²) in [5.41, 5.74) is 1.18. The van der Waals surface area contributed by atoms with Crippen molar-refractivity contribution >= 4 is 11.4 Å². The molecule has 0 bridgehead atoms. The normalized spacial score (nSPS) is 29.2. The molecule has 2 aromatic rings. The smallest absolute Gasteiger partial charge is 0.232 e. The van der Waals surface area contributed by atoms with Crippen molar-refractivity contribution in [2.24, 2.45) is 0 Å². The zero-order chi connectivity index (χ0) is 13.5. The minimum absolute atomic E-state index is 0.0584. The monoisotopic (exact) mass is 256 g/mol. The van der Waals surface area contributed by atoms with E-state index in [2.05, 4.69) is 0 Å². The summed E-state index contributed by atoms with van der Waals surface area (Å²) in [4.78, 5) is 0. The molecule has 0 aliphatic carbocycles. The van der Waals surface area contributed by atoms with Crippen molar-refractivity contribution in [1.29, 1.82) is 0 Å². The van der Waals surface area contributed by atoms with Crippen molar-refractivity contribution < 1.29 is 10.1 Å². The second kappa shape index (κ2) is 4.43. The Labute approximate surface area is 112 Å². The Morgan fingerprint density at radius 2 is 1.32 bits per heavy atom. The molecule has 0 saturated carbocycles. The van der Waals surface area contributed by atoms with Crippen LogP contribution in [0.4, 0.5) is 11.4 Å². The number of benzene rings is 2. The van der Waals surface area contributed by atoms with E-state index in [9.17, 15) is 10.4 Å². The Balaban J connectivity index is 1.98. The fourth-order valence-corrected chi connectivity index (χ4v) is 2.74. The predicted octanol–water partition coefficient (Wildman–Crippen LogP) is 0.688. The number of nitrogens with one attached hydrogen (secondary N) is 2. The standard InChI is InChI=1S/C15H16N2O2/c1-15(11-12-7-3-2-4-8-12)16(18)13-9-5-6-10-14(13)17(15)19/h2-10,16-17H,11H2,1H3. The van der Waals surface area contributed by atoms with E-state index in [1.54, 1.807) is 31.2 Å². The zero-order valence-corrected chi connectivity index (χ0v) is 10.7. The SMILES string of the molecule is CC1(Cc2ccccc2)[NH+]([O-])c2ccccc2[NH+]1[O-]. The summed E-state index contributed by atoms with van der Waals surface area (Å²) < 4.78 is 0. The first-order valence-electron chi connectivity index (χ1n) is 6.35. The summed E-state index contributed by atoms with van der Waals surface area (Å²) in [6.07, 6.45) is 0.459. The molecular weight excluding hydrogens is 240 g/mol. The van der Waals surface area contributed by atoms with Gasteiger partial charge in [-0.1, -0.05) is 42.5 Å². The van der Waals surface area contributed by atoms with E-state index in [4.69, 9.17) is 0 Å². The van der Waals surface area contributed by atoms with E-state index < -0.39 is 5.66 Å². The van der Waals surface area contributed by atoms with Crippen molar-refractivity contribution in [3.05, 3.63) is 70.6 Å². The lowest BCUT2D eigenvalue weighted by Gasteiger charge is -2.38. The predicted molar refractivity (Wildman–Crippen MR) is 73.0 cm³/mol. The first-order chi connectivity index (χ1) is 9.13. The van der Waals surface area contributed by atoms with Crippen LogP contribution in [-0.4, -0.2) is 5.66 Å². The lowest BCUT2D eigenvalue weighted by Crippen LogP contribution is -3.29. The zero-order valence-electron chi connectivity index (χ0n) is 10.7. The van der Waals surface area contributed by atoms with Gasteiger partial charge in [-0.25, -0.2) is 0 Å². The molecule has 4 heteroatoms. The maximum absolute atomic E-state index is 12.5. The van der Waals surface area contributed by atoms with Gasteiger partial charge >= 0.3 is 0 Å². The van der Waals surface area contributed by atoms with Gasteiger partial charge in [-0.3, -0.25) is 10.1 Å². The highest BCUT2D eigenvalue weighted by Gasteiger charge is 2.48. The highest BCUT2D eigenvalue weighted by Crippen LogP contribution is 2.22. The highest BCUT2D eigenvalue weighted by atomic mass is 16.6. The van der Waals surface area contributed by atoms with Crippen molar-refractivity contribution in [3.8, 4) is 0 Å². The molecule has 98 valence electrons.